The standard InChI is InChI=1S/C28H34N4O2/c1-6-31(7-2)24-16-12-21(13-17-24)19-29-30-26(33)25-9-8-18-32(27(25)34)20-22-10-14-23(15-11-22)28(3,4)5/h8-19H,6-7,20H2,1-5H3,(H,30,33)/b29-19-. The third-order valence-electron chi connectivity index (χ3n) is 5.84. The molecule has 178 valence electrons. The van der Waals surface area contributed by atoms with Gasteiger partial charge < -0.3 is 9.47 Å². The molecule has 0 aliphatic rings. The van der Waals surface area contributed by atoms with Crippen LogP contribution < -0.4 is 15.9 Å². The summed E-state index contributed by atoms with van der Waals surface area (Å²) in [4.78, 5) is 27.7. The smallest absolute Gasteiger partial charge is 0.276 e. The summed E-state index contributed by atoms with van der Waals surface area (Å²) in [5.74, 6) is -0.529. The molecule has 0 spiro atoms. The fourth-order valence-electron chi connectivity index (χ4n) is 3.73. The summed E-state index contributed by atoms with van der Waals surface area (Å²) in [5, 5.41) is 4.03. The Balaban J connectivity index is 1.67. The Kier molecular flexibility index (Phi) is 8.05. The van der Waals surface area contributed by atoms with Gasteiger partial charge in [-0.3, -0.25) is 9.59 Å². The van der Waals surface area contributed by atoms with Gasteiger partial charge in [0.2, 0.25) is 0 Å². The molecule has 1 N–H and O–H groups in total. The Morgan fingerprint density at radius 1 is 1.00 bits per heavy atom. The molecular formula is C28H34N4O2. The van der Waals surface area contributed by atoms with Crippen LogP contribution in [0, 0.1) is 0 Å². The van der Waals surface area contributed by atoms with Crippen LogP contribution in [-0.2, 0) is 12.0 Å². The molecule has 6 nitrogen and oxygen atoms in total. The normalized spacial score (nSPS) is 11.6. The molecular weight excluding hydrogens is 424 g/mol. The van der Waals surface area contributed by atoms with E-state index in [0.717, 1.165) is 29.9 Å². The van der Waals surface area contributed by atoms with Crippen molar-refractivity contribution in [3.8, 4) is 0 Å². The van der Waals surface area contributed by atoms with E-state index >= 15 is 0 Å². The molecule has 1 aromatic heterocycles. The number of nitrogens with zero attached hydrogens (tertiary/aromatic N) is 3. The van der Waals surface area contributed by atoms with Crippen LogP contribution in [0.15, 0.2) is 76.8 Å². The highest BCUT2D eigenvalue weighted by Crippen LogP contribution is 2.22. The van der Waals surface area contributed by atoms with E-state index < -0.39 is 5.91 Å². The summed E-state index contributed by atoms with van der Waals surface area (Å²) in [5.41, 5.74) is 6.49. The maximum atomic E-state index is 12.9. The first-order valence-electron chi connectivity index (χ1n) is 11.7. The van der Waals surface area contributed by atoms with Crippen molar-refractivity contribution in [2.24, 2.45) is 5.10 Å². The highest BCUT2D eigenvalue weighted by Gasteiger charge is 2.14. The van der Waals surface area contributed by atoms with Crippen LogP contribution in [0.5, 0.6) is 0 Å². The van der Waals surface area contributed by atoms with Gasteiger partial charge in [-0.05, 0) is 60.2 Å². The molecule has 0 radical (unpaired) electrons. The number of aromatic nitrogens is 1. The Morgan fingerprint density at radius 2 is 1.65 bits per heavy atom. The number of amides is 1. The number of pyridine rings is 1. The Hall–Kier alpha value is -3.67. The maximum Gasteiger partial charge on any atom is 0.276 e. The lowest BCUT2D eigenvalue weighted by Gasteiger charge is -2.20. The molecule has 0 bridgehead atoms. The summed E-state index contributed by atoms with van der Waals surface area (Å²) < 4.78 is 1.54. The highest BCUT2D eigenvalue weighted by molar-refractivity contribution is 5.94. The van der Waals surface area contributed by atoms with E-state index in [4.69, 9.17) is 0 Å². The second-order valence-corrected chi connectivity index (χ2v) is 9.26. The van der Waals surface area contributed by atoms with Crippen LogP contribution >= 0.6 is 0 Å². The van der Waals surface area contributed by atoms with E-state index in [1.54, 1.807) is 18.5 Å². The molecule has 2 aromatic carbocycles. The predicted octanol–water partition coefficient (Wildman–Crippen LogP) is 4.80. The Morgan fingerprint density at radius 3 is 2.24 bits per heavy atom. The van der Waals surface area contributed by atoms with Gasteiger partial charge in [-0.15, -0.1) is 0 Å². The number of rotatable bonds is 8. The van der Waals surface area contributed by atoms with E-state index in [0.29, 0.717) is 6.54 Å². The molecule has 0 saturated heterocycles. The summed E-state index contributed by atoms with van der Waals surface area (Å²) in [7, 11) is 0. The molecule has 3 aromatic rings. The molecule has 0 unspecified atom stereocenters. The molecule has 3 rings (SSSR count). The largest absolute Gasteiger partial charge is 0.372 e. The third kappa shape index (κ3) is 6.22. The van der Waals surface area contributed by atoms with Crippen LogP contribution in [0.3, 0.4) is 0 Å². The average Bonchev–Trinajstić information content (AvgIpc) is 2.82. The topological polar surface area (TPSA) is 66.7 Å². The van der Waals surface area contributed by atoms with Crippen LogP contribution in [0.4, 0.5) is 5.69 Å². The lowest BCUT2D eigenvalue weighted by atomic mass is 9.87. The third-order valence-corrected chi connectivity index (χ3v) is 5.84. The number of benzene rings is 2. The minimum absolute atomic E-state index is 0.0582. The number of hydrogen-bond acceptors (Lipinski definition) is 4. The van der Waals surface area contributed by atoms with Crippen LogP contribution in [0.2, 0.25) is 0 Å². The van der Waals surface area contributed by atoms with E-state index in [1.807, 2.05) is 36.4 Å². The molecule has 1 amide bonds. The molecule has 6 heteroatoms. The number of anilines is 1. The van der Waals surface area contributed by atoms with Crippen molar-refractivity contribution in [1.82, 2.24) is 9.99 Å². The van der Waals surface area contributed by atoms with Gasteiger partial charge in [0.25, 0.3) is 11.5 Å². The SMILES string of the molecule is CCN(CC)c1ccc(/C=N\NC(=O)c2cccn(Cc3ccc(C(C)(C)C)cc3)c2=O)cc1. The Labute approximate surface area is 201 Å². The van der Waals surface area contributed by atoms with Crippen molar-refractivity contribution in [2.75, 3.05) is 18.0 Å². The maximum absolute atomic E-state index is 12.9. The van der Waals surface area contributed by atoms with Crippen molar-refractivity contribution in [3.63, 3.8) is 0 Å². The summed E-state index contributed by atoms with van der Waals surface area (Å²) in [6.07, 6.45) is 3.26. The first-order valence-corrected chi connectivity index (χ1v) is 11.7. The number of hydrazone groups is 1. The fraction of sp³-hybridized carbons (Fsp3) is 0.321. The molecule has 1 heterocycles. The van der Waals surface area contributed by atoms with Crippen molar-refractivity contribution in [2.45, 2.75) is 46.6 Å². The monoisotopic (exact) mass is 458 g/mol. The molecule has 34 heavy (non-hydrogen) atoms. The second kappa shape index (κ2) is 11.0. The zero-order valence-corrected chi connectivity index (χ0v) is 20.7. The van der Waals surface area contributed by atoms with Crippen molar-refractivity contribution in [3.05, 3.63) is 99.5 Å². The minimum Gasteiger partial charge on any atom is -0.372 e. The van der Waals surface area contributed by atoms with E-state index in [1.165, 1.54) is 16.2 Å². The van der Waals surface area contributed by atoms with Crippen molar-refractivity contribution >= 4 is 17.8 Å². The van der Waals surface area contributed by atoms with Gasteiger partial charge in [-0.1, -0.05) is 57.2 Å². The number of hydrogen-bond donors (Lipinski definition) is 1. The first kappa shape index (κ1) is 25.0. The molecule has 0 saturated carbocycles. The quantitative estimate of drug-likeness (QED) is 0.389. The van der Waals surface area contributed by atoms with Crippen molar-refractivity contribution < 1.29 is 4.79 Å². The number of carbonyl (C=O) groups excluding carboxylic acids is 1. The van der Waals surface area contributed by atoms with E-state index in [-0.39, 0.29) is 16.5 Å². The van der Waals surface area contributed by atoms with E-state index in [2.05, 4.69) is 62.2 Å². The first-order chi connectivity index (χ1) is 16.2. The summed E-state index contributed by atoms with van der Waals surface area (Å²) >= 11 is 0. The summed E-state index contributed by atoms with van der Waals surface area (Å²) in [6.45, 7) is 13.0. The molecule has 0 fully saturated rings. The average molecular weight is 459 g/mol. The minimum atomic E-state index is -0.529. The van der Waals surface area contributed by atoms with Gasteiger partial charge in [-0.25, -0.2) is 5.43 Å². The number of carbonyl (C=O) groups is 1. The van der Waals surface area contributed by atoms with Crippen molar-refractivity contribution in [1.29, 1.82) is 0 Å². The van der Waals surface area contributed by atoms with Gasteiger partial charge >= 0.3 is 0 Å². The van der Waals surface area contributed by atoms with Gasteiger partial charge in [0.1, 0.15) is 5.56 Å². The fourth-order valence-corrected chi connectivity index (χ4v) is 3.73. The number of nitrogens with one attached hydrogen (secondary N) is 1. The Bertz CT molecular complexity index is 1180. The van der Waals surface area contributed by atoms with Crippen LogP contribution in [0.1, 0.15) is 61.7 Å². The van der Waals surface area contributed by atoms with Crippen LogP contribution in [-0.4, -0.2) is 29.8 Å². The van der Waals surface area contributed by atoms with Gasteiger partial charge in [0.15, 0.2) is 0 Å². The van der Waals surface area contributed by atoms with E-state index in [9.17, 15) is 9.59 Å². The zero-order chi connectivity index (χ0) is 24.7. The predicted molar refractivity (Wildman–Crippen MR) is 140 cm³/mol. The lowest BCUT2D eigenvalue weighted by molar-refractivity contribution is 0.0953. The lowest BCUT2D eigenvalue weighted by Crippen LogP contribution is -2.30. The second-order valence-electron chi connectivity index (χ2n) is 9.26. The zero-order valence-electron chi connectivity index (χ0n) is 20.7. The van der Waals surface area contributed by atoms with Gasteiger partial charge in [0, 0.05) is 25.0 Å². The van der Waals surface area contributed by atoms with Gasteiger partial charge in [0.05, 0.1) is 12.8 Å². The molecule has 0 atom stereocenters. The highest BCUT2D eigenvalue weighted by atomic mass is 16.2. The molecule has 0 aliphatic heterocycles. The van der Waals surface area contributed by atoms with Gasteiger partial charge in [-0.2, -0.15) is 5.10 Å². The molecule has 0 aliphatic carbocycles. The summed E-state index contributed by atoms with van der Waals surface area (Å²) in [6, 6.07) is 19.4. The van der Waals surface area contributed by atoms with Crippen LogP contribution in [0.25, 0.3) is 0 Å².